The molecule has 0 radical (unpaired) electrons. The third kappa shape index (κ3) is 3.89. The molecule has 0 aliphatic heterocycles. The normalized spacial score (nSPS) is 9.95. The molecular formula is C13H11FN2O2S. The van der Waals surface area contributed by atoms with Crippen molar-refractivity contribution in [3.8, 4) is 0 Å². The molecule has 0 aliphatic rings. The standard InChI is InChI=1S/C13H11FN2O2S/c14-9-3-5-10(6-4-9)16-12(17)13(19)15-8-11-2-1-7-18-11/h1-7H,8H2,(H,15,19)(H,16,17). The molecule has 0 spiro atoms. The number of rotatable bonds is 3. The Morgan fingerprint density at radius 1 is 1.26 bits per heavy atom. The average molecular weight is 278 g/mol. The fraction of sp³-hybridized carbons (Fsp3) is 0.0769. The van der Waals surface area contributed by atoms with Crippen LogP contribution in [0.4, 0.5) is 10.1 Å². The quantitative estimate of drug-likeness (QED) is 0.847. The highest BCUT2D eigenvalue weighted by atomic mass is 32.1. The first-order valence-electron chi connectivity index (χ1n) is 5.52. The van der Waals surface area contributed by atoms with E-state index in [4.69, 9.17) is 16.6 Å². The van der Waals surface area contributed by atoms with E-state index < -0.39 is 5.91 Å². The van der Waals surface area contributed by atoms with Crippen molar-refractivity contribution in [2.45, 2.75) is 6.54 Å². The van der Waals surface area contributed by atoms with Crippen LogP contribution in [0.5, 0.6) is 0 Å². The van der Waals surface area contributed by atoms with E-state index in [0.717, 1.165) is 0 Å². The minimum Gasteiger partial charge on any atom is -0.467 e. The highest BCUT2D eigenvalue weighted by Crippen LogP contribution is 2.08. The van der Waals surface area contributed by atoms with Gasteiger partial charge in [0.05, 0.1) is 12.8 Å². The number of carbonyl (C=O) groups is 1. The van der Waals surface area contributed by atoms with Crippen LogP contribution in [-0.2, 0) is 11.3 Å². The summed E-state index contributed by atoms with van der Waals surface area (Å²) in [5, 5.41) is 5.33. The van der Waals surface area contributed by atoms with Gasteiger partial charge in [-0.05, 0) is 36.4 Å². The zero-order valence-electron chi connectivity index (χ0n) is 9.85. The number of hydrogen-bond donors (Lipinski definition) is 2. The lowest BCUT2D eigenvalue weighted by Gasteiger charge is -2.07. The van der Waals surface area contributed by atoms with Crippen LogP contribution >= 0.6 is 12.2 Å². The van der Waals surface area contributed by atoms with Crippen LogP contribution in [0.2, 0.25) is 0 Å². The molecule has 0 aliphatic carbocycles. The second-order valence-electron chi connectivity index (χ2n) is 3.72. The van der Waals surface area contributed by atoms with Crippen molar-refractivity contribution in [3.63, 3.8) is 0 Å². The largest absolute Gasteiger partial charge is 0.467 e. The molecule has 0 saturated heterocycles. The molecule has 0 atom stereocenters. The predicted octanol–water partition coefficient (Wildman–Crippen LogP) is 2.47. The fourth-order valence-electron chi connectivity index (χ4n) is 1.38. The lowest BCUT2D eigenvalue weighted by molar-refractivity contribution is -0.110. The SMILES string of the molecule is O=C(Nc1ccc(F)cc1)C(=S)NCc1ccco1. The molecule has 2 N–H and O–H groups in total. The van der Waals surface area contributed by atoms with E-state index in [-0.39, 0.29) is 10.8 Å². The van der Waals surface area contributed by atoms with Gasteiger partial charge >= 0.3 is 0 Å². The molecule has 1 aromatic carbocycles. The maximum absolute atomic E-state index is 12.7. The molecule has 1 heterocycles. The number of amides is 1. The van der Waals surface area contributed by atoms with Crippen molar-refractivity contribution >= 4 is 28.8 Å². The Hall–Kier alpha value is -2.21. The topological polar surface area (TPSA) is 54.3 Å². The molecule has 98 valence electrons. The minimum absolute atomic E-state index is 0.0423. The minimum atomic E-state index is -0.451. The monoisotopic (exact) mass is 278 g/mol. The van der Waals surface area contributed by atoms with E-state index in [1.54, 1.807) is 18.4 Å². The highest BCUT2D eigenvalue weighted by molar-refractivity contribution is 7.82. The van der Waals surface area contributed by atoms with Gasteiger partial charge in [0.2, 0.25) is 0 Å². The summed E-state index contributed by atoms with van der Waals surface area (Å²) < 4.78 is 17.8. The third-order valence-electron chi connectivity index (χ3n) is 2.31. The van der Waals surface area contributed by atoms with Gasteiger partial charge in [0.15, 0.2) is 4.99 Å². The van der Waals surface area contributed by atoms with Crippen LogP contribution in [0.15, 0.2) is 47.1 Å². The van der Waals surface area contributed by atoms with E-state index in [0.29, 0.717) is 18.0 Å². The zero-order chi connectivity index (χ0) is 13.7. The van der Waals surface area contributed by atoms with Crippen molar-refractivity contribution in [1.82, 2.24) is 5.32 Å². The van der Waals surface area contributed by atoms with E-state index >= 15 is 0 Å². The van der Waals surface area contributed by atoms with E-state index in [1.165, 1.54) is 24.3 Å². The Morgan fingerprint density at radius 2 is 2.00 bits per heavy atom. The maximum atomic E-state index is 12.7. The van der Waals surface area contributed by atoms with Gasteiger partial charge in [-0.3, -0.25) is 4.79 Å². The molecule has 0 fully saturated rings. The van der Waals surface area contributed by atoms with Gasteiger partial charge in [-0.2, -0.15) is 0 Å². The molecule has 0 unspecified atom stereocenters. The average Bonchev–Trinajstić information content (AvgIpc) is 2.91. The summed E-state index contributed by atoms with van der Waals surface area (Å²) >= 11 is 4.94. The number of benzene rings is 1. The summed E-state index contributed by atoms with van der Waals surface area (Å²) in [6.07, 6.45) is 1.54. The van der Waals surface area contributed by atoms with Crippen molar-refractivity contribution in [1.29, 1.82) is 0 Å². The lowest BCUT2D eigenvalue weighted by Crippen LogP contribution is -2.33. The van der Waals surface area contributed by atoms with Gasteiger partial charge in [-0.1, -0.05) is 12.2 Å². The molecular weight excluding hydrogens is 267 g/mol. The van der Waals surface area contributed by atoms with Crippen LogP contribution in [0.25, 0.3) is 0 Å². The van der Waals surface area contributed by atoms with Crippen molar-refractivity contribution < 1.29 is 13.6 Å². The van der Waals surface area contributed by atoms with Crippen LogP contribution in [0, 0.1) is 5.82 Å². The number of hydrogen-bond acceptors (Lipinski definition) is 3. The summed E-state index contributed by atoms with van der Waals surface area (Å²) in [6.45, 7) is 0.336. The van der Waals surface area contributed by atoms with Gasteiger partial charge in [0, 0.05) is 5.69 Å². The summed E-state index contributed by atoms with van der Waals surface area (Å²) in [5.74, 6) is -0.137. The first kappa shape index (κ1) is 13.2. The van der Waals surface area contributed by atoms with Crippen LogP contribution in [0.1, 0.15) is 5.76 Å². The summed E-state index contributed by atoms with van der Waals surface area (Å²) in [6, 6.07) is 8.96. The number of carbonyl (C=O) groups excluding carboxylic acids is 1. The molecule has 1 aromatic heterocycles. The van der Waals surface area contributed by atoms with Gasteiger partial charge in [-0.25, -0.2) is 4.39 Å². The fourth-order valence-corrected chi connectivity index (χ4v) is 1.51. The Kier molecular flexibility index (Phi) is 4.25. The molecule has 19 heavy (non-hydrogen) atoms. The number of halogens is 1. The Labute approximate surface area is 114 Å². The summed E-state index contributed by atoms with van der Waals surface area (Å²) in [5.41, 5.74) is 0.480. The van der Waals surface area contributed by atoms with Gasteiger partial charge in [0.25, 0.3) is 5.91 Å². The van der Waals surface area contributed by atoms with Crippen LogP contribution in [0.3, 0.4) is 0 Å². The molecule has 0 bridgehead atoms. The van der Waals surface area contributed by atoms with Crippen molar-refractivity contribution in [2.75, 3.05) is 5.32 Å². The Bertz CT molecular complexity index is 567. The smallest absolute Gasteiger partial charge is 0.283 e. The van der Waals surface area contributed by atoms with Crippen molar-refractivity contribution in [3.05, 3.63) is 54.2 Å². The van der Waals surface area contributed by atoms with Crippen LogP contribution < -0.4 is 10.6 Å². The molecule has 2 aromatic rings. The molecule has 4 nitrogen and oxygen atoms in total. The second kappa shape index (κ2) is 6.10. The molecule has 0 saturated carbocycles. The number of nitrogens with one attached hydrogen (secondary N) is 2. The van der Waals surface area contributed by atoms with Gasteiger partial charge < -0.3 is 15.1 Å². The van der Waals surface area contributed by atoms with E-state index in [2.05, 4.69) is 10.6 Å². The van der Waals surface area contributed by atoms with Gasteiger partial charge in [0.1, 0.15) is 11.6 Å². The van der Waals surface area contributed by atoms with Crippen molar-refractivity contribution in [2.24, 2.45) is 0 Å². The first-order chi connectivity index (χ1) is 9.15. The number of thiocarbonyl (C=S) groups is 1. The number of anilines is 1. The summed E-state index contributed by atoms with van der Waals surface area (Å²) in [7, 11) is 0. The summed E-state index contributed by atoms with van der Waals surface area (Å²) in [4.78, 5) is 11.8. The Balaban J connectivity index is 1.85. The van der Waals surface area contributed by atoms with E-state index in [1.807, 2.05) is 0 Å². The lowest BCUT2D eigenvalue weighted by atomic mass is 10.3. The Morgan fingerprint density at radius 3 is 2.63 bits per heavy atom. The molecule has 1 amide bonds. The van der Waals surface area contributed by atoms with Gasteiger partial charge in [-0.15, -0.1) is 0 Å². The van der Waals surface area contributed by atoms with Crippen LogP contribution in [-0.4, -0.2) is 10.9 Å². The third-order valence-corrected chi connectivity index (χ3v) is 2.64. The van der Waals surface area contributed by atoms with E-state index in [9.17, 15) is 9.18 Å². The predicted molar refractivity (Wildman–Crippen MR) is 73.2 cm³/mol. The zero-order valence-corrected chi connectivity index (χ0v) is 10.7. The first-order valence-corrected chi connectivity index (χ1v) is 5.93. The molecule has 2 rings (SSSR count). The maximum Gasteiger partial charge on any atom is 0.283 e. The number of furan rings is 1. The molecule has 6 heteroatoms. The second-order valence-corrected chi connectivity index (χ2v) is 4.13. The highest BCUT2D eigenvalue weighted by Gasteiger charge is 2.09.